The van der Waals surface area contributed by atoms with E-state index in [-0.39, 0.29) is 30.8 Å². The number of hydrogen-bond acceptors (Lipinski definition) is 4. The number of esters is 1. The molecule has 1 aliphatic rings. The molecule has 78 valence electrons. The van der Waals surface area contributed by atoms with E-state index in [1.807, 2.05) is 0 Å². The zero-order valence-corrected chi connectivity index (χ0v) is 7.91. The largest absolute Gasteiger partial charge is 0.478 e. The van der Waals surface area contributed by atoms with Gasteiger partial charge < -0.3 is 14.6 Å². The molecule has 5 heteroatoms. The third-order valence-corrected chi connectivity index (χ3v) is 1.89. The summed E-state index contributed by atoms with van der Waals surface area (Å²) in [6, 6.07) is 0. The van der Waals surface area contributed by atoms with Crippen LogP contribution in [0.2, 0.25) is 0 Å². The minimum Gasteiger partial charge on any atom is -0.478 e. The summed E-state index contributed by atoms with van der Waals surface area (Å²) >= 11 is 0. The maximum absolute atomic E-state index is 11.3. The monoisotopic (exact) mass is 200 g/mol. The van der Waals surface area contributed by atoms with Gasteiger partial charge in [-0.3, -0.25) is 0 Å². The lowest BCUT2D eigenvalue weighted by Gasteiger charge is -2.16. The third-order valence-electron chi connectivity index (χ3n) is 1.89. The summed E-state index contributed by atoms with van der Waals surface area (Å²) in [5, 5.41) is 8.80. The molecular weight excluding hydrogens is 188 g/mol. The molecule has 0 saturated heterocycles. The van der Waals surface area contributed by atoms with Crippen molar-refractivity contribution in [1.29, 1.82) is 0 Å². The van der Waals surface area contributed by atoms with Crippen molar-refractivity contribution in [1.82, 2.24) is 0 Å². The Kier molecular flexibility index (Phi) is 3.64. The van der Waals surface area contributed by atoms with Crippen LogP contribution in [0.25, 0.3) is 0 Å². The van der Waals surface area contributed by atoms with Crippen LogP contribution in [-0.4, -0.2) is 36.9 Å². The van der Waals surface area contributed by atoms with Crippen LogP contribution < -0.4 is 0 Å². The molecule has 0 aromatic rings. The quantitative estimate of drug-likeness (QED) is 0.665. The van der Waals surface area contributed by atoms with E-state index in [1.165, 1.54) is 0 Å². The Morgan fingerprint density at radius 1 is 1.50 bits per heavy atom. The van der Waals surface area contributed by atoms with Crippen LogP contribution in [0.5, 0.6) is 0 Å². The van der Waals surface area contributed by atoms with Crippen LogP contribution in [0.1, 0.15) is 13.3 Å². The number of carbonyl (C=O) groups is 2. The number of carboxylic acids is 1. The molecule has 5 nitrogen and oxygen atoms in total. The molecule has 0 bridgehead atoms. The molecule has 0 spiro atoms. The topological polar surface area (TPSA) is 72.8 Å². The second kappa shape index (κ2) is 4.76. The fraction of sp³-hybridized carbons (Fsp3) is 0.556. The number of carboxylic acid groups (broad SMARTS) is 1. The zero-order valence-electron chi connectivity index (χ0n) is 7.91. The molecule has 0 aromatic heterocycles. The van der Waals surface area contributed by atoms with Crippen LogP contribution in [0.4, 0.5) is 0 Å². The van der Waals surface area contributed by atoms with Crippen molar-refractivity contribution in [2.45, 2.75) is 13.3 Å². The number of rotatable bonds is 3. The first-order chi connectivity index (χ1) is 6.66. The lowest BCUT2D eigenvalue weighted by atomic mass is 10.0. The summed E-state index contributed by atoms with van der Waals surface area (Å²) in [5.74, 6) is -1.67. The van der Waals surface area contributed by atoms with Gasteiger partial charge in [-0.05, 0) is 6.92 Å². The Balaban J connectivity index is 2.88. The molecule has 14 heavy (non-hydrogen) atoms. The molecule has 0 amide bonds. The number of carbonyl (C=O) groups excluding carboxylic acids is 1. The Morgan fingerprint density at radius 3 is 2.79 bits per heavy atom. The van der Waals surface area contributed by atoms with Crippen molar-refractivity contribution in [2.75, 3.05) is 19.8 Å². The van der Waals surface area contributed by atoms with E-state index < -0.39 is 11.9 Å². The van der Waals surface area contributed by atoms with Crippen molar-refractivity contribution in [2.24, 2.45) is 0 Å². The summed E-state index contributed by atoms with van der Waals surface area (Å²) < 4.78 is 9.73. The Hall–Kier alpha value is -1.36. The van der Waals surface area contributed by atoms with Crippen molar-refractivity contribution in [3.05, 3.63) is 11.1 Å². The third kappa shape index (κ3) is 2.32. The van der Waals surface area contributed by atoms with Crippen LogP contribution in [0, 0.1) is 0 Å². The fourth-order valence-corrected chi connectivity index (χ4v) is 1.22. The summed E-state index contributed by atoms with van der Waals surface area (Å²) in [5.41, 5.74) is 0.236. The van der Waals surface area contributed by atoms with Gasteiger partial charge in [0.05, 0.1) is 31.0 Å². The van der Waals surface area contributed by atoms with Gasteiger partial charge in [0.25, 0.3) is 0 Å². The number of ether oxygens (including phenoxy) is 2. The van der Waals surface area contributed by atoms with E-state index in [2.05, 4.69) is 0 Å². The van der Waals surface area contributed by atoms with Gasteiger partial charge in [0.1, 0.15) is 0 Å². The van der Waals surface area contributed by atoms with E-state index in [4.69, 9.17) is 14.6 Å². The molecule has 0 aromatic carbocycles. The molecule has 0 aliphatic carbocycles. The van der Waals surface area contributed by atoms with Crippen molar-refractivity contribution < 1.29 is 24.2 Å². The van der Waals surface area contributed by atoms with E-state index in [1.54, 1.807) is 6.92 Å². The van der Waals surface area contributed by atoms with Crippen molar-refractivity contribution in [3.8, 4) is 0 Å². The lowest BCUT2D eigenvalue weighted by Crippen LogP contribution is -2.23. The first-order valence-electron chi connectivity index (χ1n) is 4.37. The zero-order chi connectivity index (χ0) is 10.6. The lowest BCUT2D eigenvalue weighted by molar-refractivity contribution is -0.141. The molecule has 1 rings (SSSR count). The van der Waals surface area contributed by atoms with Crippen LogP contribution in [0.3, 0.4) is 0 Å². The Morgan fingerprint density at radius 2 is 2.21 bits per heavy atom. The average molecular weight is 200 g/mol. The van der Waals surface area contributed by atoms with Gasteiger partial charge in [-0.15, -0.1) is 0 Å². The van der Waals surface area contributed by atoms with Crippen LogP contribution in [-0.2, 0) is 19.1 Å². The second-order valence-electron chi connectivity index (χ2n) is 2.79. The SMILES string of the molecule is CCOC(=O)C1=C(C(=O)O)CCOC1. The highest BCUT2D eigenvalue weighted by Gasteiger charge is 2.24. The first kappa shape index (κ1) is 10.7. The predicted molar refractivity (Wildman–Crippen MR) is 46.7 cm³/mol. The van der Waals surface area contributed by atoms with E-state index >= 15 is 0 Å². The number of aliphatic carboxylic acids is 1. The van der Waals surface area contributed by atoms with Gasteiger partial charge in [0.2, 0.25) is 0 Å². The predicted octanol–water partition coefficient (Wildman–Crippen LogP) is 0.351. The molecular formula is C9H12O5. The number of hydrogen-bond donors (Lipinski definition) is 1. The molecule has 1 N–H and O–H groups in total. The van der Waals surface area contributed by atoms with Gasteiger partial charge in [0, 0.05) is 6.42 Å². The van der Waals surface area contributed by atoms with Crippen molar-refractivity contribution >= 4 is 11.9 Å². The highest BCUT2D eigenvalue weighted by Crippen LogP contribution is 2.17. The van der Waals surface area contributed by atoms with E-state index in [0.29, 0.717) is 6.61 Å². The summed E-state index contributed by atoms with van der Waals surface area (Å²) in [7, 11) is 0. The minimum absolute atomic E-state index is 0.0282. The van der Waals surface area contributed by atoms with Crippen LogP contribution >= 0.6 is 0 Å². The van der Waals surface area contributed by atoms with Gasteiger partial charge in [-0.2, -0.15) is 0 Å². The molecule has 0 radical (unpaired) electrons. The van der Waals surface area contributed by atoms with Crippen LogP contribution in [0.15, 0.2) is 11.1 Å². The maximum atomic E-state index is 11.3. The summed E-state index contributed by atoms with van der Waals surface area (Å²) in [6.45, 7) is 2.27. The minimum atomic E-state index is -1.07. The van der Waals surface area contributed by atoms with Gasteiger partial charge in [-0.25, -0.2) is 9.59 Å². The standard InChI is InChI=1S/C9H12O5/c1-2-14-9(12)7-5-13-4-3-6(7)8(10)11/h2-5H2,1H3,(H,10,11). The van der Waals surface area contributed by atoms with Gasteiger partial charge in [-0.1, -0.05) is 0 Å². The normalized spacial score (nSPS) is 16.6. The molecule has 1 heterocycles. The molecule has 1 aliphatic heterocycles. The highest BCUT2D eigenvalue weighted by atomic mass is 16.5. The second-order valence-corrected chi connectivity index (χ2v) is 2.79. The fourth-order valence-electron chi connectivity index (χ4n) is 1.22. The van der Waals surface area contributed by atoms with Gasteiger partial charge in [0.15, 0.2) is 0 Å². The maximum Gasteiger partial charge on any atom is 0.336 e. The highest BCUT2D eigenvalue weighted by molar-refractivity contribution is 6.00. The summed E-state index contributed by atoms with van der Waals surface area (Å²) in [6.07, 6.45) is 0.253. The molecule has 0 fully saturated rings. The molecule has 0 unspecified atom stereocenters. The van der Waals surface area contributed by atoms with E-state index in [0.717, 1.165) is 0 Å². The Labute approximate surface area is 81.3 Å². The molecule has 0 atom stereocenters. The van der Waals surface area contributed by atoms with Crippen molar-refractivity contribution in [3.63, 3.8) is 0 Å². The summed E-state index contributed by atoms with van der Waals surface area (Å²) in [4.78, 5) is 22.0. The molecule has 0 saturated carbocycles. The Bertz CT molecular complexity index is 279. The van der Waals surface area contributed by atoms with Gasteiger partial charge >= 0.3 is 11.9 Å². The first-order valence-corrected chi connectivity index (χ1v) is 4.37. The average Bonchev–Trinajstić information content (AvgIpc) is 2.18. The van der Waals surface area contributed by atoms with E-state index in [9.17, 15) is 9.59 Å². The smallest absolute Gasteiger partial charge is 0.336 e.